The van der Waals surface area contributed by atoms with E-state index in [9.17, 15) is 4.79 Å². The van der Waals surface area contributed by atoms with E-state index in [1.807, 2.05) is 17.0 Å². The molecule has 2 heterocycles. The topological polar surface area (TPSA) is 59.2 Å². The number of nitrogens with two attached hydrogens (primary N) is 1. The lowest BCUT2D eigenvalue weighted by Gasteiger charge is -2.27. The summed E-state index contributed by atoms with van der Waals surface area (Å²) in [5, 5.41) is 0. The van der Waals surface area contributed by atoms with E-state index in [0.29, 0.717) is 0 Å². The van der Waals surface area contributed by atoms with Gasteiger partial charge in [-0.25, -0.2) is 0 Å². The first-order valence-corrected chi connectivity index (χ1v) is 6.21. The fourth-order valence-corrected chi connectivity index (χ4v) is 2.58. The van der Waals surface area contributed by atoms with Crippen molar-refractivity contribution in [2.24, 2.45) is 5.73 Å². The van der Waals surface area contributed by atoms with Crippen molar-refractivity contribution in [1.82, 2.24) is 9.88 Å². The molecule has 2 N–H and O–H groups in total. The van der Waals surface area contributed by atoms with Gasteiger partial charge < -0.3 is 10.6 Å². The quantitative estimate of drug-likeness (QED) is 0.833. The van der Waals surface area contributed by atoms with Crippen molar-refractivity contribution in [2.75, 3.05) is 6.54 Å². The van der Waals surface area contributed by atoms with E-state index in [-0.39, 0.29) is 11.9 Å². The molecule has 1 saturated heterocycles. The number of aromatic nitrogens is 1. The molecule has 1 aromatic rings. The molecule has 3 rings (SSSR count). The number of carbonyl (C=O) groups is 1. The predicted octanol–water partition coefficient (Wildman–Crippen LogP) is 1.24. The Balaban J connectivity index is 1.83. The summed E-state index contributed by atoms with van der Waals surface area (Å²) in [5.41, 5.74) is 6.64. The second kappa shape index (κ2) is 3.81. The molecule has 2 aliphatic rings. The van der Waals surface area contributed by atoms with E-state index in [1.54, 1.807) is 12.4 Å². The van der Waals surface area contributed by atoms with E-state index in [2.05, 4.69) is 4.98 Å². The molecule has 1 aliphatic heterocycles. The SMILES string of the molecule is NC1(C(=O)N2CCCC2c2ccncc2)CC1. The molecule has 1 aromatic heterocycles. The van der Waals surface area contributed by atoms with Crippen LogP contribution in [0.3, 0.4) is 0 Å². The third-order valence-corrected chi connectivity index (χ3v) is 3.82. The minimum absolute atomic E-state index is 0.136. The van der Waals surface area contributed by atoms with Crippen molar-refractivity contribution in [1.29, 1.82) is 0 Å². The fourth-order valence-electron chi connectivity index (χ4n) is 2.58. The van der Waals surface area contributed by atoms with E-state index in [4.69, 9.17) is 5.73 Å². The third kappa shape index (κ3) is 1.82. The smallest absolute Gasteiger partial charge is 0.243 e. The maximum absolute atomic E-state index is 12.3. The van der Waals surface area contributed by atoms with Crippen LogP contribution in [0.15, 0.2) is 24.5 Å². The Labute approximate surface area is 101 Å². The van der Waals surface area contributed by atoms with Crippen LogP contribution in [-0.2, 0) is 4.79 Å². The van der Waals surface area contributed by atoms with Crippen LogP contribution in [0.2, 0.25) is 0 Å². The number of carbonyl (C=O) groups excluding carboxylic acids is 1. The fraction of sp³-hybridized carbons (Fsp3) is 0.538. The summed E-state index contributed by atoms with van der Waals surface area (Å²) in [7, 11) is 0. The number of likely N-dealkylation sites (tertiary alicyclic amines) is 1. The van der Waals surface area contributed by atoms with Gasteiger partial charge in [0.15, 0.2) is 0 Å². The number of hydrogen-bond acceptors (Lipinski definition) is 3. The summed E-state index contributed by atoms with van der Waals surface area (Å²) in [4.78, 5) is 18.3. The van der Waals surface area contributed by atoms with Crippen LogP contribution in [0.25, 0.3) is 0 Å². The van der Waals surface area contributed by atoms with Gasteiger partial charge in [-0.1, -0.05) is 0 Å². The molecule has 1 unspecified atom stereocenters. The highest BCUT2D eigenvalue weighted by Gasteiger charge is 2.50. The number of pyridine rings is 1. The summed E-state index contributed by atoms with van der Waals surface area (Å²) >= 11 is 0. The molecule has 0 spiro atoms. The van der Waals surface area contributed by atoms with Gasteiger partial charge in [0.2, 0.25) is 5.91 Å². The van der Waals surface area contributed by atoms with Crippen LogP contribution in [0.4, 0.5) is 0 Å². The summed E-state index contributed by atoms with van der Waals surface area (Å²) in [6, 6.07) is 4.19. The zero-order valence-corrected chi connectivity index (χ0v) is 9.80. The number of hydrogen-bond donors (Lipinski definition) is 1. The van der Waals surface area contributed by atoms with E-state index in [1.165, 1.54) is 5.56 Å². The second-order valence-corrected chi connectivity index (χ2v) is 5.09. The summed E-state index contributed by atoms with van der Waals surface area (Å²) < 4.78 is 0. The Morgan fingerprint density at radius 2 is 2.12 bits per heavy atom. The van der Waals surface area contributed by atoms with Gasteiger partial charge in [0.25, 0.3) is 0 Å². The molecule has 1 aliphatic carbocycles. The molecule has 0 aromatic carbocycles. The second-order valence-electron chi connectivity index (χ2n) is 5.09. The van der Waals surface area contributed by atoms with Crippen LogP contribution in [0.1, 0.15) is 37.3 Å². The largest absolute Gasteiger partial charge is 0.334 e. The molecule has 1 saturated carbocycles. The number of rotatable bonds is 2. The third-order valence-electron chi connectivity index (χ3n) is 3.82. The van der Waals surface area contributed by atoms with Gasteiger partial charge in [-0.3, -0.25) is 9.78 Å². The standard InChI is InChI=1S/C13H17N3O/c14-13(5-6-13)12(17)16-9-1-2-11(16)10-3-7-15-8-4-10/h3-4,7-8,11H,1-2,5-6,9,14H2. The Bertz CT molecular complexity index is 428. The van der Waals surface area contributed by atoms with E-state index in [0.717, 1.165) is 32.2 Å². The Hall–Kier alpha value is -1.42. The highest BCUT2D eigenvalue weighted by atomic mass is 16.2. The molecular weight excluding hydrogens is 214 g/mol. The lowest BCUT2D eigenvalue weighted by Crippen LogP contribution is -2.45. The van der Waals surface area contributed by atoms with Crippen molar-refractivity contribution >= 4 is 5.91 Å². The summed E-state index contributed by atoms with van der Waals surface area (Å²) in [5.74, 6) is 0.136. The van der Waals surface area contributed by atoms with Gasteiger partial charge in [0.05, 0.1) is 11.6 Å². The van der Waals surface area contributed by atoms with Gasteiger partial charge in [-0.2, -0.15) is 0 Å². The van der Waals surface area contributed by atoms with Crippen molar-refractivity contribution in [2.45, 2.75) is 37.3 Å². The van der Waals surface area contributed by atoms with E-state index >= 15 is 0 Å². The predicted molar refractivity (Wildman–Crippen MR) is 64.1 cm³/mol. The zero-order valence-electron chi connectivity index (χ0n) is 9.80. The minimum Gasteiger partial charge on any atom is -0.334 e. The summed E-state index contributed by atoms with van der Waals surface area (Å²) in [6.45, 7) is 0.838. The van der Waals surface area contributed by atoms with Gasteiger partial charge in [-0.15, -0.1) is 0 Å². The summed E-state index contributed by atoms with van der Waals surface area (Å²) in [6.07, 6.45) is 7.34. The Morgan fingerprint density at radius 1 is 1.41 bits per heavy atom. The molecule has 1 amide bonds. The highest BCUT2D eigenvalue weighted by molar-refractivity contribution is 5.89. The van der Waals surface area contributed by atoms with Crippen molar-refractivity contribution in [3.8, 4) is 0 Å². The Kier molecular flexibility index (Phi) is 2.40. The van der Waals surface area contributed by atoms with Crippen LogP contribution in [-0.4, -0.2) is 27.9 Å². The van der Waals surface area contributed by atoms with Crippen LogP contribution in [0.5, 0.6) is 0 Å². The molecule has 4 nitrogen and oxygen atoms in total. The average molecular weight is 231 g/mol. The van der Waals surface area contributed by atoms with E-state index < -0.39 is 5.54 Å². The van der Waals surface area contributed by atoms with Crippen molar-refractivity contribution in [3.05, 3.63) is 30.1 Å². The molecule has 4 heteroatoms. The van der Waals surface area contributed by atoms with Crippen LogP contribution >= 0.6 is 0 Å². The molecular formula is C13H17N3O. The number of nitrogens with zero attached hydrogens (tertiary/aromatic N) is 2. The highest BCUT2D eigenvalue weighted by Crippen LogP contribution is 2.40. The normalized spacial score (nSPS) is 25.9. The van der Waals surface area contributed by atoms with Gasteiger partial charge in [0.1, 0.15) is 0 Å². The average Bonchev–Trinajstić information content (AvgIpc) is 2.95. The monoisotopic (exact) mass is 231 g/mol. The van der Waals surface area contributed by atoms with Crippen LogP contribution < -0.4 is 5.73 Å². The lowest BCUT2D eigenvalue weighted by atomic mass is 10.1. The molecule has 2 fully saturated rings. The maximum Gasteiger partial charge on any atom is 0.243 e. The molecule has 0 radical (unpaired) electrons. The van der Waals surface area contributed by atoms with Crippen LogP contribution in [0, 0.1) is 0 Å². The van der Waals surface area contributed by atoms with Gasteiger partial charge >= 0.3 is 0 Å². The van der Waals surface area contributed by atoms with Crippen molar-refractivity contribution in [3.63, 3.8) is 0 Å². The maximum atomic E-state index is 12.3. The molecule has 17 heavy (non-hydrogen) atoms. The lowest BCUT2D eigenvalue weighted by molar-refractivity contribution is -0.134. The molecule has 1 atom stereocenters. The van der Waals surface area contributed by atoms with Gasteiger partial charge in [-0.05, 0) is 43.4 Å². The molecule has 0 bridgehead atoms. The van der Waals surface area contributed by atoms with Gasteiger partial charge in [0, 0.05) is 18.9 Å². The Morgan fingerprint density at radius 3 is 2.76 bits per heavy atom. The number of amides is 1. The van der Waals surface area contributed by atoms with Crippen molar-refractivity contribution < 1.29 is 4.79 Å². The zero-order chi connectivity index (χ0) is 11.9. The first kappa shape index (κ1) is 10.7. The molecule has 90 valence electrons. The first-order chi connectivity index (χ1) is 8.21. The minimum atomic E-state index is -0.546. The first-order valence-electron chi connectivity index (χ1n) is 6.21.